The van der Waals surface area contributed by atoms with Crippen LogP contribution in [0.3, 0.4) is 0 Å². The predicted octanol–water partition coefficient (Wildman–Crippen LogP) is 2.53. The molecule has 0 bridgehead atoms. The van der Waals surface area contributed by atoms with Crippen LogP contribution in [0.15, 0.2) is 54.6 Å². The third kappa shape index (κ3) is 6.53. The Labute approximate surface area is 137 Å². The van der Waals surface area contributed by atoms with E-state index >= 15 is 0 Å². The van der Waals surface area contributed by atoms with Crippen LogP contribution in [0.2, 0.25) is 0 Å². The first-order valence-corrected chi connectivity index (χ1v) is 7.92. The zero-order chi connectivity index (χ0) is 16.3. The maximum absolute atomic E-state index is 11.8. The number of methoxy groups -OCH3 is 1. The van der Waals surface area contributed by atoms with Gasteiger partial charge in [0.1, 0.15) is 5.75 Å². The van der Waals surface area contributed by atoms with Crippen molar-refractivity contribution in [3.05, 3.63) is 65.7 Å². The lowest BCUT2D eigenvalue weighted by Gasteiger charge is -2.07. The van der Waals surface area contributed by atoms with Crippen LogP contribution >= 0.6 is 0 Å². The van der Waals surface area contributed by atoms with Crippen LogP contribution in [0.25, 0.3) is 0 Å². The molecule has 2 aromatic carbocycles. The fourth-order valence-electron chi connectivity index (χ4n) is 2.29. The van der Waals surface area contributed by atoms with E-state index in [1.165, 1.54) is 5.56 Å². The van der Waals surface area contributed by atoms with Crippen molar-refractivity contribution in [1.29, 1.82) is 0 Å². The van der Waals surface area contributed by atoms with E-state index in [9.17, 15) is 4.79 Å². The number of hydrogen-bond donors (Lipinski definition) is 2. The number of hydrogen-bond acceptors (Lipinski definition) is 3. The summed E-state index contributed by atoms with van der Waals surface area (Å²) in [4.78, 5) is 11.8. The van der Waals surface area contributed by atoms with Gasteiger partial charge in [0.25, 0.3) is 0 Å². The molecule has 0 radical (unpaired) electrons. The van der Waals surface area contributed by atoms with Gasteiger partial charge in [-0.05, 0) is 36.1 Å². The van der Waals surface area contributed by atoms with Gasteiger partial charge in [-0.3, -0.25) is 4.79 Å². The number of carbonyl (C=O) groups excluding carboxylic acids is 1. The fourth-order valence-corrected chi connectivity index (χ4v) is 2.29. The molecule has 0 heterocycles. The van der Waals surface area contributed by atoms with Gasteiger partial charge in [-0.1, -0.05) is 42.5 Å². The maximum Gasteiger partial charge on any atom is 0.233 e. The van der Waals surface area contributed by atoms with Crippen LogP contribution < -0.4 is 15.4 Å². The van der Waals surface area contributed by atoms with Crippen molar-refractivity contribution < 1.29 is 9.53 Å². The Morgan fingerprint density at radius 1 is 1.00 bits per heavy atom. The van der Waals surface area contributed by atoms with Crippen LogP contribution in [0.4, 0.5) is 0 Å². The number of ether oxygens (including phenoxy) is 1. The smallest absolute Gasteiger partial charge is 0.233 e. The van der Waals surface area contributed by atoms with Gasteiger partial charge >= 0.3 is 0 Å². The molecule has 0 unspecified atom stereocenters. The van der Waals surface area contributed by atoms with Crippen molar-refractivity contribution in [2.24, 2.45) is 0 Å². The van der Waals surface area contributed by atoms with Crippen molar-refractivity contribution in [2.45, 2.75) is 19.4 Å². The lowest BCUT2D eigenvalue weighted by Crippen LogP contribution is -2.34. The molecule has 2 N–H and O–H groups in total. The summed E-state index contributed by atoms with van der Waals surface area (Å²) < 4.78 is 5.11. The van der Waals surface area contributed by atoms with Gasteiger partial charge in [0.15, 0.2) is 0 Å². The summed E-state index contributed by atoms with van der Waals surface area (Å²) >= 11 is 0. The topological polar surface area (TPSA) is 50.4 Å². The summed E-state index contributed by atoms with van der Waals surface area (Å²) in [5.74, 6) is 0.872. The van der Waals surface area contributed by atoms with Crippen LogP contribution in [0, 0.1) is 0 Å². The van der Waals surface area contributed by atoms with Gasteiger partial charge in [-0.15, -0.1) is 0 Å². The van der Waals surface area contributed by atoms with E-state index in [4.69, 9.17) is 4.74 Å². The molecule has 4 nitrogen and oxygen atoms in total. The van der Waals surface area contributed by atoms with Gasteiger partial charge in [0.05, 0.1) is 13.7 Å². The molecule has 0 aliphatic carbocycles. The summed E-state index contributed by atoms with van der Waals surface area (Å²) in [6, 6.07) is 18.1. The average Bonchev–Trinajstić information content (AvgIpc) is 2.60. The van der Waals surface area contributed by atoms with Gasteiger partial charge in [0, 0.05) is 13.1 Å². The molecule has 0 aliphatic rings. The highest BCUT2D eigenvalue weighted by Crippen LogP contribution is 2.10. The normalized spacial score (nSPS) is 10.3. The first-order valence-electron chi connectivity index (χ1n) is 7.92. The minimum Gasteiger partial charge on any atom is -0.497 e. The number of rotatable bonds is 9. The van der Waals surface area contributed by atoms with E-state index < -0.39 is 0 Å². The highest BCUT2D eigenvalue weighted by molar-refractivity contribution is 5.77. The molecule has 0 aromatic heterocycles. The quantitative estimate of drug-likeness (QED) is 0.700. The molecule has 122 valence electrons. The van der Waals surface area contributed by atoms with E-state index in [0.29, 0.717) is 19.6 Å². The molecule has 0 atom stereocenters. The van der Waals surface area contributed by atoms with Crippen molar-refractivity contribution in [1.82, 2.24) is 10.6 Å². The van der Waals surface area contributed by atoms with Gasteiger partial charge in [-0.25, -0.2) is 0 Å². The summed E-state index contributed by atoms with van der Waals surface area (Å²) in [5.41, 5.74) is 2.43. The second kappa shape index (κ2) is 9.64. The van der Waals surface area contributed by atoms with Crippen molar-refractivity contribution in [3.63, 3.8) is 0 Å². The van der Waals surface area contributed by atoms with Crippen molar-refractivity contribution in [2.75, 3.05) is 20.2 Å². The molecule has 2 aromatic rings. The molecule has 0 saturated carbocycles. The first-order chi connectivity index (χ1) is 11.3. The third-order valence-electron chi connectivity index (χ3n) is 3.58. The molecule has 0 saturated heterocycles. The monoisotopic (exact) mass is 312 g/mol. The number of carbonyl (C=O) groups is 1. The summed E-state index contributed by atoms with van der Waals surface area (Å²) in [7, 11) is 1.65. The van der Waals surface area contributed by atoms with Crippen molar-refractivity contribution in [3.8, 4) is 5.75 Å². The third-order valence-corrected chi connectivity index (χ3v) is 3.58. The Hall–Kier alpha value is -2.33. The van der Waals surface area contributed by atoms with E-state index in [1.54, 1.807) is 7.11 Å². The maximum atomic E-state index is 11.8. The second-order valence-corrected chi connectivity index (χ2v) is 5.39. The van der Waals surface area contributed by atoms with Gasteiger partial charge in [0.2, 0.25) is 5.91 Å². The SMILES string of the molecule is COc1ccc(CNCC(=O)NCCCc2ccccc2)cc1. The van der Waals surface area contributed by atoms with Gasteiger partial charge < -0.3 is 15.4 Å². The van der Waals surface area contributed by atoms with Gasteiger partial charge in [-0.2, -0.15) is 0 Å². The minimum atomic E-state index is 0.0339. The minimum absolute atomic E-state index is 0.0339. The van der Waals surface area contributed by atoms with E-state index in [2.05, 4.69) is 22.8 Å². The summed E-state index contributed by atoms with van der Waals surface area (Å²) in [6.45, 7) is 1.71. The Kier molecular flexibility index (Phi) is 7.14. The van der Waals surface area contributed by atoms with E-state index in [0.717, 1.165) is 24.2 Å². The van der Waals surface area contributed by atoms with Crippen LogP contribution in [0.5, 0.6) is 5.75 Å². The fraction of sp³-hybridized carbons (Fsp3) is 0.316. The molecule has 0 fully saturated rings. The molecule has 23 heavy (non-hydrogen) atoms. The molecule has 2 rings (SSSR count). The highest BCUT2D eigenvalue weighted by atomic mass is 16.5. The zero-order valence-electron chi connectivity index (χ0n) is 13.5. The summed E-state index contributed by atoms with van der Waals surface area (Å²) in [6.07, 6.45) is 1.94. The number of benzene rings is 2. The Morgan fingerprint density at radius 2 is 1.74 bits per heavy atom. The molecular weight excluding hydrogens is 288 g/mol. The zero-order valence-corrected chi connectivity index (χ0v) is 13.5. The van der Waals surface area contributed by atoms with Crippen molar-refractivity contribution >= 4 is 5.91 Å². The van der Waals surface area contributed by atoms with Crippen LogP contribution in [-0.4, -0.2) is 26.1 Å². The second-order valence-electron chi connectivity index (χ2n) is 5.39. The van der Waals surface area contributed by atoms with E-state index in [1.807, 2.05) is 42.5 Å². The molecule has 4 heteroatoms. The van der Waals surface area contributed by atoms with Crippen LogP contribution in [0.1, 0.15) is 17.5 Å². The van der Waals surface area contributed by atoms with E-state index in [-0.39, 0.29) is 5.91 Å². The molecule has 0 spiro atoms. The largest absolute Gasteiger partial charge is 0.497 e. The molecule has 0 aliphatic heterocycles. The highest BCUT2D eigenvalue weighted by Gasteiger charge is 2.01. The Morgan fingerprint density at radius 3 is 2.43 bits per heavy atom. The Balaban J connectivity index is 1.56. The summed E-state index contributed by atoms with van der Waals surface area (Å²) in [5, 5.41) is 6.08. The Bertz CT molecular complexity index is 582. The average molecular weight is 312 g/mol. The van der Waals surface area contributed by atoms with Crippen LogP contribution in [-0.2, 0) is 17.8 Å². The number of amides is 1. The number of aryl methyl sites for hydroxylation is 1. The predicted molar refractivity (Wildman–Crippen MR) is 92.5 cm³/mol. The number of nitrogens with one attached hydrogen (secondary N) is 2. The standard InChI is InChI=1S/C19H24N2O2/c1-23-18-11-9-17(10-12-18)14-20-15-19(22)21-13-5-8-16-6-3-2-4-7-16/h2-4,6-7,9-12,20H,5,8,13-15H2,1H3,(H,21,22). The molecule has 1 amide bonds. The lowest BCUT2D eigenvalue weighted by atomic mass is 10.1. The lowest BCUT2D eigenvalue weighted by molar-refractivity contribution is -0.120. The molecular formula is C19H24N2O2. The first kappa shape index (κ1) is 17.0.